The Labute approximate surface area is 152 Å². The molecule has 0 aliphatic rings. The van der Waals surface area contributed by atoms with E-state index in [0.717, 1.165) is 28.5 Å². The van der Waals surface area contributed by atoms with Gasteiger partial charge in [0.1, 0.15) is 11.5 Å². The lowest BCUT2D eigenvalue weighted by molar-refractivity contribution is 0.219. The molecule has 0 aliphatic heterocycles. The van der Waals surface area contributed by atoms with E-state index in [0.29, 0.717) is 24.7 Å². The van der Waals surface area contributed by atoms with Gasteiger partial charge in [-0.1, -0.05) is 42.4 Å². The number of nitrogens with one attached hydrogen (secondary N) is 1. The molecule has 0 fully saturated rings. The number of rotatable bonds is 6. The van der Waals surface area contributed by atoms with Crippen LogP contribution in [0.15, 0.2) is 47.0 Å². The maximum Gasteiger partial charge on any atom is 0.323 e. The molecule has 0 bridgehead atoms. The highest BCUT2D eigenvalue weighted by Gasteiger charge is 2.16. The number of fused-ring (bicyclic) bond motifs is 1. The summed E-state index contributed by atoms with van der Waals surface area (Å²) in [5.74, 6) is 1.86. The molecule has 3 aromatic rings. The standard InChI is InChI=1S/C20H23N3O3/c1-4-11-25-18-10-9-15-7-5-6-8-16(15)17(18)13-23(3)20(24)21-19-12-14(2)26-22-19/h5-10,12H,4,11,13H2,1-3H3,(H,21,22,24). The normalized spacial score (nSPS) is 10.7. The molecule has 0 saturated heterocycles. The van der Waals surface area contributed by atoms with Crippen LogP contribution in [0.5, 0.6) is 5.75 Å². The van der Waals surface area contributed by atoms with Crippen LogP contribution in [0.2, 0.25) is 0 Å². The van der Waals surface area contributed by atoms with E-state index < -0.39 is 0 Å². The van der Waals surface area contributed by atoms with Crippen molar-refractivity contribution < 1.29 is 14.1 Å². The van der Waals surface area contributed by atoms with E-state index in [1.807, 2.05) is 24.3 Å². The Balaban J connectivity index is 1.84. The molecule has 136 valence electrons. The molecule has 1 aromatic heterocycles. The molecular weight excluding hydrogens is 330 g/mol. The highest BCUT2D eigenvalue weighted by atomic mass is 16.5. The average Bonchev–Trinajstić information content (AvgIpc) is 3.05. The molecule has 26 heavy (non-hydrogen) atoms. The number of carbonyl (C=O) groups excluding carboxylic acids is 1. The van der Waals surface area contributed by atoms with E-state index >= 15 is 0 Å². The van der Waals surface area contributed by atoms with E-state index in [4.69, 9.17) is 9.26 Å². The van der Waals surface area contributed by atoms with Gasteiger partial charge in [0.05, 0.1) is 13.2 Å². The van der Waals surface area contributed by atoms with Crippen LogP contribution in [0.25, 0.3) is 10.8 Å². The van der Waals surface area contributed by atoms with Gasteiger partial charge in [0.15, 0.2) is 5.82 Å². The maximum atomic E-state index is 12.5. The van der Waals surface area contributed by atoms with Crippen molar-refractivity contribution in [3.63, 3.8) is 0 Å². The zero-order chi connectivity index (χ0) is 18.5. The summed E-state index contributed by atoms with van der Waals surface area (Å²) in [6, 6.07) is 13.5. The average molecular weight is 353 g/mol. The van der Waals surface area contributed by atoms with Crippen molar-refractivity contribution in [2.24, 2.45) is 0 Å². The molecule has 1 N–H and O–H groups in total. The number of urea groups is 1. The van der Waals surface area contributed by atoms with Crippen molar-refractivity contribution in [3.05, 3.63) is 53.8 Å². The lowest BCUT2D eigenvalue weighted by Gasteiger charge is -2.21. The van der Waals surface area contributed by atoms with Crippen molar-refractivity contribution >= 4 is 22.6 Å². The number of benzene rings is 2. The molecule has 0 unspecified atom stereocenters. The zero-order valence-electron chi connectivity index (χ0n) is 15.3. The van der Waals surface area contributed by atoms with Gasteiger partial charge in [-0.25, -0.2) is 4.79 Å². The molecule has 2 amide bonds. The molecule has 0 aliphatic carbocycles. The summed E-state index contributed by atoms with van der Waals surface area (Å²) in [5.41, 5.74) is 0.991. The number of hydrogen-bond acceptors (Lipinski definition) is 4. The molecular formula is C20H23N3O3. The Bertz CT molecular complexity index is 904. The summed E-state index contributed by atoms with van der Waals surface area (Å²) in [7, 11) is 1.74. The van der Waals surface area contributed by atoms with Gasteiger partial charge in [0, 0.05) is 18.7 Å². The SMILES string of the molecule is CCCOc1ccc2ccccc2c1CN(C)C(=O)Nc1cc(C)on1. The van der Waals surface area contributed by atoms with Crippen LogP contribution in [-0.2, 0) is 6.54 Å². The monoisotopic (exact) mass is 353 g/mol. The molecule has 1 heterocycles. The van der Waals surface area contributed by atoms with E-state index in [9.17, 15) is 4.79 Å². The van der Waals surface area contributed by atoms with Crippen LogP contribution in [0.3, 0.4) is 0 Å². The fraction of sp³-hybridized carbons (Fsp3) is 0.300. The van der Waals surface area contributed by atoms with Crippen LogP contribution in [0, 0.1) is 6.92 Å². The predicted octanol–water partition coefficient (Wildman–Crippen LogP) is 4.59. The Morgan fingerprint density at radius 1 is 1.27 bits per heavy atom. The van der Waals surface area contributed by atoms with Crippen LogP contribution < -0.4 is 10.1 Å². The second-order valence-electron chi connectivity index (χ2n) is 6.22. The zero-order valence-corrected chi connectivity index (χ0v) is 15.3. The van der Waals surface area contributed by atoms with Gasteiger partial charge >= 0.3 is 6.03 Å². The Kier molecular flexibility index (Phi) is 5.41. The Hall–Kier alpha value is -3.02. The summed E-state index contributed by atoms with van der Waals surface area (Å²) in [4.78, 5) is 14.1. The largest absolute Gasteiger partial charge is 0.493 e. The third-order valence-corrected chi connectivity index (χ3v) is 4.06. The van der Waals surface area contributed by atoms with Crippen molar-refractivity contribution in [3.8, 4) is 5.75 Å². The van der Waals surface area contributed by atoms with Crippen LogP contribution in [0.1, 0.15) is 24.7 Å². The Morgan fingerprint density at radius 3 is 2.81 bits per heavy atom. The summed E-state index contributed by atoms with van der Waals surface area (Å²) < 4.78 is 10.9. The van der Waals surface area contributed by atoms with Gasteiger partial charge in [0.2, 0.25) is 0 Å². The fourth-order valence-electron chi connectivity index (χ4n) is 2.77. The third-order valence-electron chi connectivity index (χ3n) is 4.06. The first kappa shape index (κ1) is 17.8. The lowest BCUT2D eigenvalue weighted by Crippen LogP contribution is -2.31. The highest BCUT2D eigenvalue weighted by molar-refractivity contribution is 5.90. The van der Waals surface area contributed by atoms with Gasteiger partial charge < -0.3 is 14.2 Å². The minimum Gasteiger partial charge on any atom is -0.493 e. The Morgan fingerprint density at radius 2 is 2.08 bits per heavy atom. The van der Waals surface area contributed by atoms with E-state index in [1.165, 1.54) is 0 Å². The van der Waals surface area contributed by atoms with Crippen LogP contribution >= 0.6 is 0 Å². The van der Waals surface area contributed by atoms with Crippen LogP contribution in [0.4, 0.5) is 10.6 Å². The van der Waals surface area contributed by atoms with E-state index in [2.05, 4.69) is 29.5 Å². The first-order chi connectivity index (χ1) is 12.6. The fourth-order valence-corrected chi connectivity index (χ4v) is 2.77. The van der Waals surface area contributed by atoms with Gasteiger partial charge in [0.25, 0.3) is 0 Å². The summed E-state index contributed by atoms with van der Waals surface area (Å²) in [6.45, 7) is 4.91. The first-order valence-corrected chi connectivity index (χ1v) is 8.67. The summed E-state index contributed by atoms with van der Waals surface area (Å²) in [6.07, 6.45) is 0.925. The summed E-state index contributed by atoms with van der Waals surface area (Å²) >= 11 is 0. The predicted molar refractivity (Wildman–Crippen MR) is 101 cm³/mol. The van der Waals surface area contributed by atoms with Crippen molar-refractivity contribution in [2.75, 3.05) is 19.0 Å². The molecule has 0 saturated carbocycles. The van der Waals surface area contributed by atoms with Crippen molar-refractivity contribution in [2.45, 2.75) is 26.8 Å². The quantitative estimate of drug-likeness (QED) is 0.704. The van der Waals surface area contributed by atoms with Gasteiger partial charge in [-0.15, -0.1) is 0 Å². The van der Waals surface area contributed by atoms with Gasteiger partial charge in [-0.05, 0) is 30.2 Å². The number of ether oxygens (including phenoxy) is 1. The molecule has 2 aromatic carbocycles. The lowest BCUT2D eigenvalue weighted by atomic mass is 10.0. The molecule has 0 atom stereocenters. The van der Waals surface area contributed by atoms with Crippen molar-refractivity contribution in [1.29, 1.82) is 0 Å². The third kappa shape index (κ3) is 3.96. The molecule has 6 nitrogen and oxygen atoms in total. The number of anilines is 1. The number of amides is 2. The topological polar surface area (TPSA) is 67.6 Å². The molecule has 6 heteroatoms. The second kappa shape index (κ2) is 7.91. The smallest absolute Gasteiger partial charge is 0.323 e. The number of carbonyl (C=O) groups is 1. The van der Waals surface area contributed by atoms with E-state index in [1.54, 1.807) is 24.9 Å². The number of aromatic nitrogens is 1. The minimum atomic E-state index is -0.257. The number of aryl methyl sites for hydroxylation is 1. The molecule has 3 rings (SSSR count). The molecule has 0 spiro atoms. The van der Waals surface area contributed by atoms with Crippen molar-refractivity contribution in [1.82, 2.24) is 10.1 Å². The first-order valence-electron chi connectivity index (χ1n) is 8.67. The van der Waals surface area contributed by atoms with Crippen LogP contribution in [-0.4, -0.2) is 29.7 Å². The van der Waals surface area contributed by atoms with Gasteiger partial charge in [-0.3, -0.25) is 5.32 Å². The number of nitrogens with zero attached hydrogens (tertiary/aromatic N) is 2. The summed E-state index contributed by atoms with van der Waals surface area (Å²) in [5, 5.41) is 8.73. The molecule has 0 radical (unpaired) electrons. The highest BCUT2D eigenvalue weighted by Crippen LogP contribution is 2.29. The second-order valence-corrected chi connectivity index (χ2v) is 6.22. The van der Waals surface area contributed by atoms with Gasteiger partial charge in [-0.2, -0.15) is 0 Å². The number of hydrogen-bond donors (Lipinski definition) is 1. The maximum absolute atomic E-state index is 12.5. The van der Waals surface area contributed by atoms with E-state index in [-0.39, 0.29) is 6.03 Å². The minimum absolute atomic E-state index is 0.257.